The van der Waals surface area contributed by atoms with Crippen LogP contribution in [-0.2, 0) is 24.9 Å². The van der Waals surface area contributed by atoms with Gasteiger partial charge in [-0.3, -0.25) is 9.69 Å². The number of carbonyl (C=O) groups is 1. The average Bonchev–Trinajstić information content (AvgIpc) is 3.16. The van der Waals surface area contributed by atoms with E-state index in [0.717, 1.165) is 59.5 Å². The number of hydrogen-bond acceptors (Lipinski definition) is 6. The molecule has 2 atom stereocenters. The number of fused-ring (bicyclic) bond motifs is 2. The highest BCUT2D eigenvalue weighted by Crippen LogP contribution is 2.35. The highest BCUT2D eigenvalue weighted by molar-refractivity contribution is 5.80. The third-order valence-electron chi connectivity index (χ3n) is 7.89. The first kappa shape index (κ1) is 28.3. The molecule has 2 unspecified atom stereocenters. The maximum absolute atomic E-state index is 12.0. The largest absolute Gasteiger partial charge is 0.488 e. The van der Waals surface area contributed by atoms with Crippen LogP contribution in [-0.4, -0.2) is 43.6 Å². The van der Waals surface area contributed by atoms with E-state index in [1.165, 1.54) is 22.3 Å². The predicted molar refractivity (Wildman–Crippen MR) is 154 cm³/mol. The zero-order chi connectivity index (χ0) is 27.0. The Hall–Kier alpha value is -3.75. The van der Waals surface area contributed by atoms with Crippen molar-refractivity contribution in [3.63, 3.8) is 0 Å². The zero-order valence-corrected chi connectivity index (χ0v) is 23.6. The molecule has 0 saturated carbocycles. The second-order valence-electron chi connectivity index (χ2n) is 10.6. The number of carboxylic acid groups (broad SMARTS) is 1. The van der Waals surface area contributed by atoms with Gasteiger partial charge in [-0.1, -0.05) is 54.6 Å². The molecule has 8 nitrogen and oxygen atoms in total. The van der Waals surface area contributed by atoms with Gasteiger partial charge in [0.2, 0.25) is 0 Å². The molecule has 8 heteroatoms. The standard InChI is InChI=1S/C31H36N4O3.H3N/c1-6-25-18-35(16-23-9-7-8-20(3)31(23)38-25)17-24-14-22(11-10-19(24)2)27(15-29(36)37)26-12-13-28-30(21(26)4)32-33-34(28)5;/h7-14,25,27H,6,15-18H2,1-5H3,(H,36,37);1H3. The highest BCUT2D eigenvalue weighted by atomic mass is 16.5. The molecule has 0 radical (unpaired) electrons. The number of aliphatic carboxylic acids is 1. The molecule has 0 amide bonds. The fourth-order valence-corrected chi connectivity index (χ4v) is 5.66. The van der Waals surface area contributed by atoms with Crippen molar-refractivity contribution in [3.05, 3.63) is 87.5 Å². The van der Waals surface area contributed by atoms with E-state index < -0.39 is 5.97 Å². The Balaban J connectivity index is 0.00000353. The molecule has 0 spiro atoms. The Bertz CT molecular complexity index is 1500. The quantitative estimate of drug-likeness (QED) is 0.309. The first-order chi connectivity index (χ1) is 18.2. The summed E-state index contributed by atoms with van der Waals surface area (Å²) >= 11 is 0. The third-order valence-corrected chi connectivity index (χ3v) is 7.89. The molecule has 5 rings (SSSR count). The molecule has 4 aromatic rings. The van der Waals surface area contributed by atoms with Gasteiger partial charge in [0.1, 0.15) is 17.4 Å². The molecular formula is C31H39N5O3. The number of aryl methyl sites for hydroxylation is 4. The Morgan fingerprint density at radius 1 is 1.13 bits per heavy atom. The van der Waals surface area contributed by atoms with Crippen molar-refractivity contribution in [2.24, 2.45) is 7.05 Å². The van der Waals surface area contributed by atoms with Gasteiger partial charge in [-0.25, -0.2) is 4.68 Å². The molecule has 4 N–H and O–H groups in total. The predicted octanol–water partition coefficient (Wildman–Crippen LogP) is 5.84. The van der Waals surface area contributed by atoms with E-state index in [9.17, 15) is 9.90 Å². The highest BCUT2D eigenvalue weighted by Gasteiger charge is 2.25. The summed E-state index contributed by atoms with van der Waals surface area (Å²) in [7, 11) is 1.87. The van der Waals surface area contributed by atoms with Crippen molar-refractivity contribution < 1.29 is 14.6 Å². The molecule has 206 valence electrons. The van der Waals surface area contributed by atoms with E-state index in [0.29, 0.717) is 0 Å². The van der Waals surface area contributed by atoms with Crippen LogP contribution in [0.1, 0.15) is 64.6 Å². The molecule has 0 fully saturated rings. The van der Waals surface area contributed by atoms with Gasteiger partial charge in [-0.2, -0.15) is 0 Å². The number of benzene rings is 3. The molecular weight excluding hydrogens is 490 g/mol. The van der Waals surface area contributed by atoms with Crippen molar-refractivity contribution in [1.82, 2.24) is 26.0 Å². The second-order valence-corrected chi connectivity index (χ2v) is 10.6. The first-order valence-electron chi connectivity index (χ1n) is 13.3. The molecule has 1 aliphatic heterocycles. The molecule has 3 aromatic carbocycles. The van der Waals surface area contributed by atoms with Crippen LogP contribution in [0.4, 0.5) is 0 Å². The van der Waals surface area contributed by atoms with Gasteiger partial charge in [-0.05, 0) is 66.6 Å². The van der Waals surface area contributed by atoms with Gasteiger partial charge >= 0.3 is 5.97 Å². The lowest BCUT2D eigenvalue weighted by molar-refractivity contribution is -0.137. The fourth-order valence-electron chi connectivity index (χ4n) is 5.66. The van der Waals surface area contributed by atoms with Gasteiger partial charge in [0.05, 0.1) is 11.9 Å². The number of carboxylic acids is 1. The molecule has 1 aliphatic rings. The number of hydrogen-bond donors (Lipinski definition) is 2. The summed E-state index contributed by atoms with van der Waals surface area (Å²) in [6.07, 6.45) is 1.08. The van der Waals surface area contributed by atoms with E-state index in [-0.39, 0.29) is 24.6 Å². The molecule has 2 heterocycles. The van der Waals surface area contributed by atoms with Crippen LogP contribution in [0, 0.1) is 20.8 Å². The minimum atomic E-state index is -0.821. The van der Waals surface area contributed by atoms with E-state index in [2.05, 4.69) is 72.4 Å². The summed E-state index contributed by atoms with van der Waals surface area (Å²) in [6.45, 7) is 10.9. The van der Waals surface area contributed by atoms with E-state index in [4.69, 9.17) is 4.74 Å². The monoisotopic (exact) mass is 529 g/mol. The van der Waals surface area contributed by atoms with Crippen LogP contribution >= 0.6 is 0 Å². The van der Waals surface area contributed by atoms with Crippen LogP contribution in [0.5, 0.6) is 5.75 Å². The van der Waals surface area contributed by atoms with Gasteiger partial charge < -0.3 is 16.0 Å². The van der Waals surface area contributed by atoms with Crippen LogP contribution < -0.4 is 10.9 Å². The second kappa shape index (κ2) is 11.6. The number of ether oxygens (including phenoxy) is 1. The molecule has 0 bridgehead atoms. The summed E-state index contributed by atoms with van der Waals surface area (Å²) in [5.41, 5.74) is 9.52. The van der Waals surface area contributed by atoms with Crippen molar-refractivity contribution in [2.45, 2.75) is 65.6 Å². The van der Waals surface area contributed by atoms with E-state index >= 15 is 0 Å². The minimum Gasteiger partial charge on any atom is -0.488 e. The number of aromatic nitrogens is 3. The normalized spacial score (nSPS) is 16.2. The maximum atomic E-state index is 12.0. The number of nitrogens with zero attached hydrogens (tertiary/aromatic N) is 4. The zero-order valence-electron chi connectivity index (χ0n) is 23.6. The lowest BCUT2D eigenvalue weighted by Crippen LogP contribution is -2.32. The third kappa shape index (κ3) is 5.67. The van der Waals surface area contributed by atoms with Crippen LogP contribution in [0.15, 0.2) is 48.5 Å². The number of rotatable bonds is 7. The first-order valence-corrected chi connectivity index (χ1v) is 13.3. The van der Waals surface area contributed by atoms with Crippen LogP contribution in [0.3, 0.4) is 0 Å². The summed E-state index contributed by atoms with van der Waals surface area (Å²) in [4.78, 5) is 14.5. The van der Waals surface area contributed by atoms with Gasteiger partial charge in [-0.15, -0.1) is 5.10 Å². The van der Waals surface area contributed by atoms with Crippen LogP contribution in [0.25, 0.3) is 11.0 Å². The Labute approximate surface area is 230 Å². The summed E-state index contributed by atoms with van der Waals surface area (Å²) in [5.74, 6) is -0.0839. The maximum Gasteiger partial charge on any atom is 0.304 e. The average molecular weight is 530 g/mol. The van der Waals surface area contributed by atoms with Crippen molar-refractivity contribution in [1.29, 1.82) is 0 Å². The Kier molecular flexibility index (Phi) is 8.37. The number of para-hydroxylation sites is 1. The fraction of sp³-hybridized carbons (Fsp3) is 0.387. The lowest BCUT2D eigenvalue weighted by Gasteiger charge is -2.25. The van der Waals surface area contributed by atoms with E-state index in [1.54, 1.807) is 4.68 Å². The Morgan fingerprint density at radius 3 is 2.67 bits per heavy atom. The summed E-state index contributed by atoms with van der Waals surface area (Å²) in [6, 6.07) is 16.8. The molecule has 1 aromatic heterocycles. The minimum absolute atomic E-state index is 0. The molecule has 0 aliphatic carbocycles. The Morgan fingerprint density at radius 2 is 1.92 bits per heavy atom. The lowest BCUT2D eigenvalue weighted by atomic mass is 9.84. The van der Waals surface area contributed by atoms with Gasteiger partial charge in [0.25, 0.3) is 0 Å². The van der Waals surface area contributed by atoms with Crippen molar-refractivity contribution in [3.8, 4) is 5.75 Å². The van der Waals surface area contributed by atoms with Gasteiger partial charge in [0, 0.05) is 38.2 Å². The van der Waals surface area contributed by atoms with Crippen molar-refractivity contribution in [2.75, 3.05) is 6.54 Å². The van der Waals surface area contributed by atoms with E-state index in [1.807, 2.05) is 26.1 Å². The molecule has 39 heavy (non-hydrogen) atoms. The SMILES string of the molecule is CCC1CN(Cc2cc(C(CC(=O)O)c3ccc4c(nnn4C)c3C)ccc2C)Cc2cccc(C)c2O1.N. The topological polar surface area (TPSA) is 115 Å². The summed E-state index contributed by atoms with van der Waals surface area (Å²) in [5, 5.41) is 18.3. The van der Waals surface area contributed by atoms with Crippen LogP contribution in [0.2, 0.25) is 0 Å². The van der Waals surface area contributed by atoms with Gasteiger partial charge in [0.15, 0.2) is 0 Å². The summed E-state index contributed by atoms with van der Waals surface area (Å²) < 4.78 is 8.18. The smallest absolute Gasteiger partial charge is 0.304 e. The van der Waals surface area contributed by atoms with Crippen molar-refractivity contribution >= 4 is 17.0 Å². The molecule has 0 saturated heterocycles.